The lowest BCUT2D eigenvalue weighted by atomic mass is 10.0. The molecule has 1 aliphatic rings. The van der Waals surface area contributed by atoms with Gasteiger partial charge in [-0.2, -0.15) is 9.41 Å². The molecule has 0 unspecified atom stereocenters. The molecular formula is C23H27Cl2N5O5S. The Bertz CT molecular complexity index is 1270. The Labute approximate surface area is 220 Å². The molecule has 1 atom stereocenters. The number of sulfonamides is 1. The van der Waals surface area contributed by atoms with Gasteiger partial charge in [-0.05, 0) is 44.9 Å². The van der Waals surface area contributed by atoms with Crippen LogP contribution in [0.5, 0.6) is 0 Å². The zero-order valence-corrected chi connectivity index (χ0v) is 22.2. The van der Waals surface area contributed by atoms with Crippen molar-refractivity contribution in [1.29, 1.82) is 0 Å². The zero-order valence-electron chi connectivity index (χ0n) is 19.9. The van der Waals surface area contributed by atoms with Crippen molar-refractivity contribution in [2.24, 2.45) is 5.10 Å². The normalized spacial score (nSPS) is 16.7. The molecule has 0 radical (unpaired) electrons. The van der Waals surface area contributed by atoms with E-state index in [0.717, 1.165) is 10.4 Å². The zero-order chi connectivity index (χ0) is 26.5. The average Bonchev–Trinajstić information content (AvgIpc) is 2.86. The molecule has 1 heterocycles. The highest BCUT2D eigenvalue weighted by molar-refractivity contribution is 7.89. The fraction of sp³-hybridized carbons (Fsp3) is 0.391. The summed E-state index contributed by atoms with van der Waals surface area (Å²) in [4.78, 5) is 25.2. The number of piperidine rings is 1. The van der Waals surface area contributed by atoms with E-state index in [0.29, 0.717) is 48.0 Å². The number of hydrazone groups is 1. The summed E-state index contributed by atoms with van der Waals surface area (Å²) in [5.74, 6) is -0.279. The molecule has 0 spiro atoms. The molecule has 1 N–H and O–H groups in total. The number of hydrogen-bond donors (Lipinski definition) is 1. The molecule has 10 nitrogen and oxygen atoms in total. The lowest BCUT2D eigenvalue weighted by Gasteiger charge is -2.36. The predicted molar refractivity (Wildman–Crippen MR) is 140 cm³/mol. The summed E-state index contributed by atoms with van der Waals surface area (Å²) in [5.41, 5.74) is 2.82. The quantitative estimate of drug-likeness (QED) is 0.270. The van der Waals surface area contributed by atoms with Crippen LogP contribution in [0.3, 0.4) is 0 Å². The highest BCUT2D eigenvalue weighted by atomic mass is 35.5. The smallest absolute Gasteiger partial charge is 0.270 e. The summed E-state index contributed by atoms with van der Waals surface area (Å²) < 4.78 is 28.8. The van der Waals surface area contributed by atoms with Gasteiger partial charge in [0, 0.05) is 42.4 Å². The molecular weight excluding hydrogens is 529 g/mol. The second-order valence-corrected chi connectivity index (χ2v) is 10.8. The van der Waals surface area contributed by atoms with Crippen LogP contribution in [0.1, 0.15) is 38.7 Å². The molecule has 1 saturated heterocycles. The lowest BCUT2D eigenvalue weighted by Crippen LogP contribution is -2.52. The minimum Gasteiger partial charge on any atom is -0.342 e. The van der Waals surface area contributed by atoms with Gasteiger partial charge >= 0.3 is 0 Å². The van der Waals surface area contributed by atoms with Crippen molar-refractivity contribution < 1.29 is 18.1 Å². The van der Waals surface area contributed by atoms with E-state index in [1.165, 1.54) is 24.4 Å². The molecule has 1 fully saturated rings. The van der Waals surface area contributed by atoms with Gasteiger partial charge in [0.25, 0.3) is 5.69 Å². The van der Waals surface area contributed by atoms with E-state index in [9.17, 15) is 23.3 Å². The Morgan fingerprint density at radius 2 is 1.94 bits per heavy atom. The first kappa shape index (κ1) is 27.9. The van der Waals surface area contributed by atoms with E-state index in [-0.39, 0.29) is 23.0 Å². The van der Waals surface area contributed by atoms with E-state index in [2.05, 4.69) is 10.5 Å². The highest BCUT2D eigenvalue weighted by Crippen LogP contribution is 2.33. The van der Waals surface area contributed by atoms with E-state index < -0.39 is 26.7 Å². The monoisotopic (exact) mass is 555 g/mol. The number of benzene rings is 2. The fourth-order valence-corrected chi connectivity index (χ4v) is 6.29. The van der Waals surface area contributed by atoms with Crippen LogP contribution in [0.25, 0.3) is 0 Å². The first-order valence-corrected chi connectivity index (χ1v) is 13.6. The maximum absolute atomic E-state index is 13.8. The van der Waals surface area contributed by atoms with Gasteiger partial charge in [-0.3, -0.25) is 20.3 Å². The van der Waals surface area contributed by atoms with E-state index in [1.54, 1.807) is 17.0 Å². The fourth-order valence-electron chi connectivity index (χ4n) is 4.02. The van der Waals surface area contributed by atoms with Gasteiger partial charge in [0.1, 0.15) is 10.9 Å². The van der Waals surface area contributed by atoms with Crippen molar-refractivity contribution in [3.63, 3.8) is 0 Å². The lowest BCUT2D eigenvalue weighted by molar-refractivity contribution is -0.385. The number of hydrogen-bond acceptors (Lipinski definition) is 7. The topological polar surface area (TPSA) is 125 Å². The standard InChI is InChI=1S/C23H27Cl2N5O5S/c1-3-28(4-2)23(31)21-7-5-6-12-29(21)36(34,35)22-14-18(30(32)33)10-11-20(22)27-26-15-16-8-9-17(24)13-19(16)25/h8-11,13-15,21,27H,3-7,12H2,1-2H3/b26-15-/t21-/m0/s1. The van der Waals surface area contributed by atoms with Crippen LogP contribution in [-0.4, -0.2) is 60.3 Å². The van der Waals surface area contributed by atoms with Crippen LogP contribution in [0.4, 0.5) is 11.4 Å². The molecule has 194 valence electrons. The maximum Gasteiger partial charge on any atom is 0.270 e. The molecule has 2 aromatic rings. The Morgan fingerprint density at radius 1 is 1.22 bits per heavy atom. The number of carbonyl (C=O) groups is 1. The number of anilines is 1. The van der Waals surface area contributed by atoms with E-state index in [4.69, 9.17) is 23.2 Å². The van der Waals surface area contributed by atoms with Crippen LogP contribution in [0.2, 0.25) is 10.0 Å². The van der Waals surface area contributed by atoms with Crippen LogP contribution in [0.15, 0.2) is 46.4 Å². The molecule has 3 rings (SSSR count). The maximum atomic E-state index is 13.8. The van der Waals surface area contributed by atoms with Gasteiger partial charge < -0.3 is 4.90 Å². The number of rotatable bonds is 9. The number of nitrogens with one attached hydrogen (secondary N) is 1. The molecule has 0 bridgehead atoms. The van der Waals surface area contributed by atoms with Crippen LogP contribution in [-0.2, 0) is 14.8 Å². The van der Waals surface area contributed by atoms with Gasteiger partial charge in [0.05, 0.1) is 21.8 Å². The Hall–Kier alpha value is -2.73. The molecule has 1 amide bonds. The number of amides is 1. The number of nitro groups is 1. The minimum absolute atomic E-state index is 0.0292. The van der Waals surface area contributed by atoms with Crippen molar-refractivity contribution in [3.8, 4) is 0 Å². The first-order chi connectivity index (χ1) is 17.1. The number of likely N-dealkylation sites (N-methyl/N-ethyl adjacent to an activating group) is 1. The Morgan fingerprint density at radius 3 is 2.58 bits per heavy atom. The molecule has 2 aromatic carbocycles. The third kappa shape index (κ3) is 6.15. The summed E-state index contributed by atoms with van der Waals surface area (Å²) >= 11 is 12.1. The third-order valence-corrected chi connectivity index (χ3v) is 8.44. The molecule has 0 saturated carbocycles. The van der Waals surface area contributed by atoms with Crippen molar-refractivity contribution >= 4 is 56.7 Å². The molecule has 0 aliphatic carbocycles. The SMILES string of the molecule is CCN(CC)C(=O)[C@@H]1CCCCN1S(=O)(=O)c1cc([N+](=O)[O-])ccc1N/N=C\c1ccc(Cl)cc1Cl. The number of halogens is 2. The summed E-state index contributed by atoms with van der Waals surface area (Å²) in [6, 6.07) is 7.36. The Balaban J connectivity index is 2.00. The minimum atomic E-state index is -4.30. The molecule has 1 aliphatic heterocycles. The van der Waals surface area contributed by atoms with Gasteiger partial charge in [0.2, 0.25) is 15.9 Å². The van der Waals surface area contributed by atoms with E-state index >= 15 is 0 Å². The van der Waals surface area contributed by atoms with Gasteiger partial charge in [-0.1, -0.05) is 35.7 Å². The number of non-ortho nitro benzene ring substituents is 1. The molecule has 36 heavy (non-hydrogen) atoms. The van der Waals surface area contributed by atoms with Crippen LogP contribution < -0.4 is 5.43 Å². The Kier molecular flexibility index (Phi) is 9.29. The summed E-state index contributed by atoms with van der Waals surface area (Å²) in [7, 11) is -4.30. The molecule has 0 aromatic heterocycles. The number of nitrogens with zero attached hydrogens (tertiary/aromatic N) is 4. The van der Waals surface area contributed by atoms with Crippen LogP contribution >= 0.6 is 23.2 Å². The average molecular weight is 556 g/mol. The van der Waals surface area contributed by atoms with Gasteiger partial charge in [0.15, 0.2) is 0 Å². The third-order valence-electron chi connectivity index (χ3n) is 5.93. The number of carbonyl (C=O) groups excluding carboxylic acids is 1. The highest BCUT2D eigenvalue weighted by Gasteiger charge is 2.40. The summed E-state index contributed by atoms with van der Waals surface area (Å²) in [5, 5.41) is 16.3. The van der Waals surface area contributed by atoms with Crippen molar-refractivity contribution in [3.05, 3.63) is 62.1 Å². The van der Waals surface area contributed by atoms with Crippen LogP contribution in [0, 0.1) is 10.1 Å². The second-order valence-electron chi connectivity index (χ2n) is 8.11. The first-order valence-electron chi connectivity index (χ1n) is 11.4. The second kappa shape index (κ2) is 12.0. The summed E-state index contributed by atoms with van der Waals surface area (Å²) in [6.45, 7) is 4.69. The van der Waals surface area contributed by atoms with Gasteiger partial charge in [-0.25, -0.2) is 8.42 Å². The predicted octanol–water partition coefficient (Wildman–Crippen LogP) is 4.76. The van der Waals surface area contributed by atoms with Gasteiger partial charge in [-0.15, -0.1) is 0 Å². The van der Waals surface area contributed by atoms with Crippen molar-refractivity contribution in [1.82, 2.24) is 9.21 Å². The van der Waals surface area contributed by atoms with E-state index in [1.807, 2.05) is 13.8 Å². The number of nitro benzene ring substituents is 1. The van der Waals surface area contributed by atoms with Crippen molar-refractivity contribution in [2.45, 2.75) is 44.0 Å². The summed E-state index contributed by atoms with van der Waals surface area (Å²) in [6.07, 6.45) is 3.03. The largest absolute Gasteiger partial charge is 0.342 e. The van der Waals surface area contributed by atoms with Crippen molar-refractivity contribution in [2.75, 3.05) is 25.1 Å². The molecule has 13 heteroatoms.